The minimum Gasteiger partial charge on any atom is -0.497 e. The van der Waals surface area contributed by atoms with Gasteiger partial charge in [0.25, 0.3) is 5.91 Å². The lowest BCUT2D eigenvalue weighted by Gasteiger charge is -2.27. The number of nitrogens with zero attached hydrogens (tertiary/aromatic N) is 3. The van der Waals surface area contributed by atoms with Crippen LogP contribution in [0, 0.1) is 10.1 Å². The van der Waals surface area contributed by atoms with Gasteiger partial charge in [-0.05, 0) is 43.3 Å². The predicted octanol–water partition coefficient (Wildman–Crippen LogP) is 1.92. The Morgan fingerprint density at radius 3 is 2.35 bits per heavy atom. The van der Waals surface area contributed by atoms with Gasteiger partial charge < -0.3 is 9.47 Å². The standard InChI is InChI=1S/C19H22N4O7S/c1-13(22(31(4,27)28)15-6-8-16(29-2)9-7-15)19(24)21-20-12-14-5-10-18(30-3)17(11-14)23(25)26/h5-13H,1-4H3,(H,21,24)/b20-12-/t13-/m1/s1. The number of sulfonamides is 1. The number of benzene rings is 2. The molecule has 166 valence electrons. The Morgan fingerprint density at radius 1 is 1.19 bits per heavy atom. The van der Waals surface area contributed by atoms with E-state index in [9.17, 15) is 23.3 Å². The Bertz CT molecular complexity index is 1080. The molecule has 2 rings (SSSR count). The van der Waals surface area contributed by atoms with Crippen LogP contribution in [0.4, 0.5) is 11.4 Å². The molecule has 0 saturated carbocycles. The fourth-order valence-electron chi connectivity index (χ4n) is 2.73. The Morgan fingerprint density at radius 2 is 1.84 bits per heavy atom. The van der Waals surface area contributed by atoms with Crippen molar-refractivity contribution >= 4 is 33.5 Å². The molecule has 2 aromatic carbocycles. The van der Waals surface area contributed by atoms with Gasteiger partial charge in [0.2, 0.25) is 10.0 Å². The van der Waals surface area contributed by atoms with E-state index in [-0.39, 0.29) is 17.1 Å². The molecule has 0 unspecified atom stereocenters. The van der Waals surface area contributed by atoms with Gasteiger partial charge in [-0.3, -0.25) is 19.2 Å². The van der Waals surface area contributed by atoms with Crippen molar-refractivity contribution in [1.29, 1.82) is 0 Å². The van der Waals surface area contributed by atoms with Gasteiger partial charge in [0, 0.05) is 11.6 Å². The Kier molecular flexibility index (Phi) is 7.53. The molecular weight excluding hydrogens is 428 g/mol. The second-order valence-corrected chi connectivity index (χ2v) is 8.21. The largest absolute Gasteiger partial charge is 0.497 e. The number of carbonyl (C=O) groups excluding carboxylic acids is 1. The number of nitrogens with one attached hydrogen (secondary N) is 1. The molecule has 0 bridgehead atoms. The number of anilines is 1. The first kappa shape index (κ1) is 23.6. The third kappa shape index (κ3) is 5.92. The summed E-state index contributed by atoms with van der Waals surface area (Å²) in [5.74, 6) is -0.0731. The third-order valence-electron chi connectivity index (χ3n) is 4.20. The van der Waals surface area contributed by atoms with E-state index in [0.29, 0.717) is 11.3 Å². The lowest BCUT2D eigenvalue weighted by molar-refractivity contribution is -0.385. The summed E-state index contributed by atoms with van der Waals surface area (Å²) in [4.78, 5) is 23.0. The van der Waals surface area contributed by atoms with Crippen LogP contribution in [0.25, 0.3) is 0 Å². The molecule has 0 saturated heterocycles. The van der Waals surface area contributed by atoms with Crippen molar-refractivity contribution in [1.82, 2.24) is 5.43 Å². The minimum atomic E-state index is -3.79. The molecule has 31 heavy (non-hydrogen) atoms. The van der Waals surface area contributed by atoms with Gasteiger partial charge in [0.15, 0.2) is 5.75 Å². The van der Waals surface area contributed by atoms with Crippen molar-refractivity contribution < 1.29 is 27.6 Å². The van der Waals surface area contributed by atoms with Crippen LogP contribution in [0.15, 0.2) is 47.6 Å². The zero-order chi connectivity index (χ0) is 23.2. The highest BCUT2D eigenvalue weighted by Crippen LogP contribution is 2.27. The van der Waals surface area contributed by atoms with Crippen LogP contribution in [0.2, 0.25) is 0 Å². The lowest BCUT2D eigenvalue weighted by Crippen LogP contribution is -2.46. The molecule has 0 aliphatic carbocycles. The van der Waals surface area contributed by atoms with Crippen LogP contribution in [-0.2, 0) is 14.8 Å². The first-order valence-electron chi connectivity index (χ1n) is 8.87. The summed E-state index contributed by atoms with van der Waals surface area (Å²) in [6, 6.07) is 9.22. The van der Waals surface area contributed by atoms with Gasteiger partial charge in [-0.2, -0.15) is 5.10 Å². The molecule has 11 nitrogen and oxygen atoms in total. The zero-order valence-electron chi connectivity index (χ0n) is 17.3. The number of carbonyl (C=O) groups is 1. The van der Waals surface area contributed by atoms with E-state index in [1.807, 2.05) is 0 Å². The van der Waals surface area contributed by atoms with Crippen molar-refractivity contribution in [3.63, 3.8) is 0 Å². The van der Waals surface area contributed by atoms with Gasteiger partial charge in [0.05, 0.1) is 37.3 Å². The van der Waals surface area contributed by atoms with Gasteiger partial charge >= 0.3 is 5.69 Å². The summed E-state index contributed by atoms with van der Waals surface area (Å²) in [5, 5.41) is 14.9. The highest BCUT2D eigenvalue weighted by atomic mass is 32.2. The van der Waals surface area contributed by atoms with E-state index < -0.39 is 26.9 Å². The molecule has 0 heterocycles. The summed E-state index contributed by atoms with van der Waals surface area (Å²) in [6.45, 7) is 1.41. The second-order valence-electron chi connectivity index (χ2n) is 6.36. The van der Waals surface area contributed by atoms with Gasteiger partial charge in [-0.1, -0.05) is 0 Å². The van der Waals surface area contributed by atoms with Crippen molar-refractivity contribution in [2.75, 3.05) is 24.8 Å². The summed E-state index contributed by atoms with van der Waals surface area (Å²) < 4.78 is 35.5. The van der Waals surface area contributed by atoms with Crippen LogP contribution in [0.3, 0.4) is 0 Å². The van der Waals surface area contributed by atoms with E-state index in [2.05, 4.69) is 10.5 Å². The predicted molar refractivity (Wildman–Crippen MR) is 115 cm³/mol. The smallest absolute Gasteiger partial charge is 0.311 e. The van der Waals surface area contributed by atoms with E-state index in [0.717, 1.165) is 10.6 Å². The van der Waals surface area contributed by atoms with Crippen molar-refractivity contribution in [2.24, 2.45) is 5.10 Å². The molecule has 0 aliphatic rings. The fraction of sp³-hybridized carbons (Fsp3) is 0.263. The highest BCUT2D eigenvalue weighted by Gasteiger charge is 2.29. The number of nitro groups is 1. The molecular formula is C19H22N4O7S. The molecule has 1 amide bonds. The van der Waals surface area contributed by atoms with E-state index in [4.69, 9.17) is 9.47 Å². The maximum Gasteiger partial charge on any atom is 0.311 e. The maximum atomic E-state index is 12.5. The van der Waals surface area contributed by atoms with Crippen LogP contribution < -0.4 is 19.2 Å². The lowest BCUT2D eigenvalue weighted by atomic mass is 10.2. The normalized spacial score (nSPS) is 12.3. The molecule has 1 atom stereocenters. The number of amides is 1. The van der Waals surface area contributed by atoms with E-state index >= 15 is 0 Å². The summed E-state index contributed by atoms with van der Waals surface area (Å²) >= 11 is 0. The first-order valence-corrected chi connectivity index (χ1v) is 10.7. The number of nitro benzene ring substituents is 1. The topological polar surface area (TPSA) is 140 Å². The molecule has 0 fully saturated rings. The van der Waals surface area contributed by atoms with Crippen LogP contribution >= 0.6 is 0 Å². The molecule has 1 N–H and O–H groups in total. The molecule has 0 aliphatic heterocycles. The summed E-state index contributed by atoms with van der Waals surface area (Å²) in [5.41, 5.74) is 2.62. The highest BCUT2D eigenvalue weighted by molar-refractivity contribution is 7.92. The van der Waals surface area contributed by atoms with Crippen molar-refractivity contribution in [3.8, 4) is 11.5 Å². The second kappa shape index (κ2) is 9.89. The molecule has 0 radical (unpaired) electrons. The Labute approximate surface area is 179 Å². The fourth-order valence-corrected chi connectivity index (χ4v) is 3.91. The SMILES string of the molecule is COc1ccc(N([C@H](C)C(=O)N/N=C\c2ccc(OC)c([N+](=O)[O-])c2)S(C)(=O)=O)cc1. The van der Waals surface area contributed by atoms with E-state index in [1.54, 1.807) is 12.1 Å². The molecule has 2 aromatic rings. The monoisotopic (exact) mass is 450 g/mol. The number of ether oxygens (including phenoxy) is 2. The average Bonchev–Trinajstić information content (AvgIpc) is 2.73. The van der Waals surface area contributed by atoms with Gasteiger partial charge in [0.1, 0.15) is 11.8 Å². The zero-order valence-corrected chi connectivity index (χ0v) is 18.1. The van der Waals surface area contributed by atoms with Gasteiger partial charge in [-0.25, -0.2) is 13.8 Å². The van der Waals surface area contributed by atoms with E-state index in [1.165, 1.54) is 57.7 Å². The number of hydrogen-bond donors (Lipinski definition) is 1. The minimum absolute atomic E-state index is 0.0862. The number of methoxy groups -OCH3 is 2. The molecule has 0 aromatic heterocycles. The van der Waals surface area contributed by atoms with Crippen LogP contribution in [0.5, 0.6) is 11.5 Å². The quantitative estimate of drug-likeness (QED) is 0.349. The van der Waals surface area contributed by atoms with Crippen molar-refractivity contribution in [2.45, 2.75) is 13.0 Å². The summed E-state index contributed by atoms with van der Waals surface area (Å²) in [6.07, 6.45) is 2.19. The Hall–Kier alpha value is -3.67. The number of hydrogen-bond acceptors (Lipinski definition) is 8. The molecule has 12 heteroatoms. The van der Waals surface area contributed by atoms with Crippen LogP contribution in [-0.4, -0.2) is 52.0 Å². The third-order valence-corrected chi connectivity index (χ3v) is 5.45. The van der Waals surface area contributed by atoms with Crippen molar-refractivity contribution in [3.05, 3.63) is 58.1 Å². The Balaban J connectivity index is 2.19. The first-order chi connectivity index (χ1) is 14.6. The number of hydrazone groups is 1. The number of rotatable bonds is 9. The van der Waals surface area contributed by atoms with Crippen LogP contribution in [0.1, 0.15) is 12.5 Å². The molecule has 0 spiro atoms. The summed E-state index contributed by atoms with van der Waals surface area (Å²) in [7, 11) is -0.996. The maximum absolute atomic E-state index is 12.5. The van der Waals surface area contributed by atoms with Gasteiger partial charge in [-0.15, -0.1) is 0 Å². The average molecular weight is 450 g/mol.